The summed E-state index contributed by atoms with van der Waals surface area (Å²) in [6.45, 7) is 5.41. The van der Waals surface area contributed by atoms with Gasteiger partial charge in [0.15, 0.2) is 0 Å². The molecule has 9 heteroatoms. The summed E-state index contributed by atoms with van der Waals surface area (Å²) in [5, 5.41) is 7.94. The quantitative estimate of drug-likeness (QED) is 0.448. The maximum atomic E-state index is 13.4. The van der Waals surface area contributed by atoms with Crippen LogP contribution in [0.4, 0.5) is 10.1 Å². The number of fused-ring (bicyclic) bond motifs is 1. The van der Waals surface area contributed by atoms with Crippen LogP contribution in [-0.2, 0) is 16.9 Å². The first-order valence-electron chi connectivity index (χ1n) is 9.84. The summed E-state index contributed by atoms with van der Waals surface area (Å²) in [5.74, 6) is -0.143. The molecule has 31 heavy (non-hydrogen) atoms. The second-order valence-electron chi connectivity index (χ2n) is 7.82. The molecule has 1 aliphatic heterocycles. The topological polar surface area (TPSA) is 85.5 Å². The van der Waals surface area contributed by atoms with Crippen LogP contribution in [0.2, 0.25) is 0 Å². The van der Waals surface area contributed by atoms with Crippen LogP contribution in [-0.4, -0.2) is 45.7 Å². The van der Waals surface area contributed by atoms with Crippen molar-refractivity contribution in [3.63, 3.8) is 0 Å². The van der Waals surface area contributed by atoms with Gasteiger partial charge in [-0.05, 0) is 38.5 Å². The molecule has 0 saturated carbocycles. The Morgan fingerprint density at radius 2 is 2.06 bits per heavy atom. The average molecular weight is 422 g/mol. The minimum Gasteiger partial charge on any atom is -0.399 e. The number of carbonyl (C=O) groups excluding carboxylic acids is 1. The lowest BCUT2D eigenvalue weighted by molar-refractivity contribution is 0.0981. The van der Waals surface area contributed by atoms with Crippen molar-refractivity contribution in [1.82, 2.24) is 19.7 Å². The molecule has 0 bridgehead atoms. The zero-order valence-corrected chi connectivity index (χ0v) is 17.8. The maximum absolute atomic E-state index is 13.4. The number of amides is 1. The van der Waals surface area contributed by atoms with Crippen LogP contribution in [0, 0.1) is 6.92 Å². The van der Waals surface area contributed by atoms with Crippen LogP contribution in [0.3, 0.4) is 0 Å². The van der Waals surface area contributed by atoms with Gasteiger partial charge in [-0.3, -0.25) is 19.4 Å². The highest BCUT2D eigenvalue weighted by Crippen LogP contribution is 2.42. The summed E-state index contributed by atoms with van der Waals surface area (Å²) in [7, 11) is 1.48. The first-order chi connectivity index (χ1) is 14.9. The van der Waals surface area contributed by atoms with E-state index in [0.717, 1.165) is 16.7 Å². The van der Waals surface area contributed by atoms with Gasteiger partial charge in [-0.1, -0.05) is 5.16 Å². The van der Waals surface area contributed by atoms with Crippen molar-refractivity contribution < 1.29 is 14.0 Å². The second-order valence-corrected chi connectivity index (χ2v) is 7.82. The molecule has 0 aliphatic carbocycles. The number of halogens is 1. The van der Waals surface area contributed by atoms with E-state index in [4.69, 9.17) is 9.82 Å². The van der Waals surface area contributed by atoms with Crippen LogP contribution in [0.25, 0.3) is 11.3 Å². The molecule has 0 spiro atoms. The van der Waals surface area contributed by atoms with Gasteiger partial charge in [-0.15, -0.1) is 0 Å². The molecule has 0 N–H and O–H groups in total. The summed E-state index contributed by atoms with van der Waals surface area (Å²) >= 11 is 0. The van der Waals surface area contributed by atoms with Gasteiger partial charge in [-0.2, -0.15) is 5.10 Å². The van der Waals surface area contributed by atoms with Crippen LogP contribution < -0.4 is 4.90 Å². The van der Waals surface area contributed by atoms with E-state index in [2.05, 4.69) is 15.2 Å². The third kappa shape index (κ3) is 3.56. The van der Waals surface area contributed by atoms with E-state index in [0.29, 0.717) is 22.6 Å². The fourth-order valence-electron chi connectivity index (χ4n) is 3.90. The summed E-state index contributed by atoms with van der Waals surface area (Å²) in [6.07, 6.45) is 8.24. The van der Waals surface area contributed by atoms with E-state index in [9.17, 15) is 9.18 Å². The minimum atomic E-state index is -0.709. The number of nitrogens with zero attached hydrogens (tertiary/aromatic N) is 6. The van der Waals surface area contributed by atoms with Gasteiger partial charge < -0.3 is 4.84 Å². The van der Waals surface area contributed by atoms with Gasteiger partial charge in [0.25, 0.3) is 5.91 Å². The van der Waals surface area contributed by atoms with Crippen molar-refractivity contribution in [1.29, 1.82) is 0 Å². The molecule has 0 saturated heterocycles. The number of anilines is 1. The van der Waals surface area contributed by atoms with Crippen LogP contribution in [0.5, 0.6) is 0 Å². The monoisotopic (exact) mass is 422 g/mol. The second kappa shape index (κ2) is 7.90. The van der Waals surface area contributed by atoms with Gasteiger partial charge in [0.05, 0.1) is 47.1 Å². The lowest BCUT2D eigenvalue weighted by Gasteiger charge is -2.30. The Hall–Kier alpha value is -3.62. The largest absolute Gasteiger partial charge is 0.399 e. The summed E-state index contributed by atoms with van der Waals surface area (Å²) in [6, 6.07) is 3.79. The molecule has 3 aromatic rings. The molecule has 0 atom stereocenters. The number of aryl methyl sites for hydroxylation is 2. The van der Waals surface area contributed by atoms with Crippen molar-refractivity contribution in [3.05, 3.63) is 59.3 Å². The first kappa shape index (κ1) is 20.6. The molecule has 1 amide bonds. The molecular weight excluding hydrogens is 399 g/mol. The molecular formula is C22H23FN6O2. The highest BCUT2D eigenvalue weighted by atomic mass is 19.1. The molecule has 8 nitrogen and oxygen atoms in total. The standard InChI is InChI=1S/C22H23FN6O2/c1-14-7-18(16-8-15(9-24-11-16)10-26-31-4)27-20-19(14)21(30)29(22(20,2)3)17-12-25-28(13-17)6-5-23/h7-13H,5-6H2,1-4H3/b26-10+. The van der Waals surface area contributed by atoms with Crippen LogP contribution in [0.1, 0.15) is 41.0 Å². The van der Waals surface area contributed by atoms with Crippen LogP contribution in [0.15, 0.2) is 42.1 Å². The number of alkyl halides is 1. The molecule has 3 aromatic heterocycles. The van der Waals surface area contributed by atoms with Gasteiger partial charge in [-0.25, -0.2) is 9.37 Å². The SMILES string of the molecule is CO/N=C/c1cncc(-c2cc(C)c3c(n2)C(C)(C)N(c2cnn(CCF)c2)C3=O)c1. The Morgan fingerprint density at radius 3 is 2.81 bits per heavy atom. The molecule has 0 radical (unpaired) electrons. The summed E-state index contributed by atoms with van der Waals surface area (Å²) in [5.41, 5.74) is 4.29. The number of oxime groups is 1. The fourth-order valence-corrected chi connectivity index (χ4v) is 3.90. The summed E-state index contributed by atoms with van der Waals surface area (Å²) in [4.78, 5) is 28.9. The summed E-state index contributed by atoms with van der Waals surface area (Å²) < 4.78 is 14.2. The van der Waals surface area contributed by atoms with Gasteiger partial charge >= 0.3 is 0 Å². The zero-order chi connectivity index (χ0) is 22.2. The van der Waals surface area contributed by atoms with E-state index in [-0.39, 0.29) is 12.5 Å². The predicted molar refractivity (Wildman–Crippen MR) is 115 cm³/mol. The average Bonchev–Trinajstić information content (AvgIpc) is 3.27. The Morgan fingerprint density at radius 1 is 1.26 bits per heavy atom. The van der Waals surface area contributed by atoms with Crippen molar-refractivity contribution >= 4 is 17.8 Å². The number of pyridine rings is 2. The molecule has 1 aliphatic rings. The van der Waals surface area contributed by atoms with E-state index in [1.54, 1.807) is 35.9 Å². The predicted octanol–water partition coefficient (Wildman–Crippen LogP) is 3.49. The molecule has 0 fully saturated rings. The van der Waals surface area contributed by atoms with E-state index >= 15 is 0 Å². The number of rotatable bonds is 6. The fraction of sp³-hybridized carbons (Fsp3) is 0.318. The van der Waals surface area contributed by atoms with Crippen molar-refractivity contribution in [2.45, 2.75) is 32.9 Å². The lowest BCUT2D eigenvalue weighted by Crippen LogP contribution is -2.39. The number of aromatic nitrogens is 4. The minimum absolute atomic E-state index is 0.143. The zero-order valence-electron chi connectivity index (χ0n) is 17.8. The normalized spacial score (nSPS) is 15.0. The number of carbonyl (C=O) groups is 1. The highest BCUT2D eigenvalue weighted by Gasteiger charge is 2.46. The molecule has 4 rings (SSSR count). The van der Waals surface area contributed by atoms with Crippen molar-refractivity contribution in [2.75, 3.05) is 18.7 Å². The lowest BCUT2D eigenvalue weighted by atomic mass is 9.96. The van der Waals surface area contributed by atoms with Gasteiger partial charge in [0, 0.05) is 29.7 Å². The Balaban J connectivity index is 1.78. The Bertz CT molecular complexity index is 1170. The van der Waals surface area contributed by atoms with Gasteiger partial charge in [0.1, 0.15) is 13.8 Å². The third-order valence-corrected chi connectivity index (χ3v) is 5.33. The molecule has 0 unspecified atom stereocenters. The number of hydrogen-bond donors (Lipinski definition) is 0. The van der Waals surface area contributed by atoms with E-state index in [1.165, 1.54) is 11.8 Å². The Labute approximate surface area is 179 Å². The van der Waals surface area contributed by atoms with Crippen molar-refractivity contribution in [2.24, 2.45) is 5.16 Å². The molecule has 160 valence electrons. The van der Waals surface area contributed by atoms with Crippen LogP contribution >= 0.6 is 0 Å². The van der Waals surface area contributed by atoms with E-state index in [1.807, 2.05) is 32.9 Å². The van der Waals surface area contributed by atoms with Gasteiger partial charge in [0.2, 0.25) is 0 Å². The molecule has 4 heterocycles. The molecule has 0 aromatic carbocycles. The third-order valence-electron chi connectivity index (χ3n) is 5.33. The Kier molecular flexibility index (Phi) is 5.26. The van der Waals surface area contributed by atoms with E-state index < -0.39 is 12.2 Å². The number of hydrogen-bond acceptors (Lipinski definition) is 6. The van der Waals surface area contributed by atoms with Crippen molar-refractivity contribution in [3.8, 4) is 11.3 Å². The smallest absolute Gasteiger partial charge is 0.261 e. The first-order valence-corrected chi connectivity index (χ1v) is 9.84. The highest BCUT2D eigenvalue weighted by molar-refractivity contribution is 6.12. The maximum Gasteiger partial charge on any atom is 0.261 e.